The normalized spacial score (nSPS) is 29.8. The van der Waals surface area contributed by atoms with Crippen molar-refractivity contribution in [2.45, 2.75) is 63.6 Å². The first kappa shape index (κ1) is 14.3. The van der Waals surface area contributed by atoms with Crippen molar-refractivity contribution < 1.29 is 9.47 Å². The Morgan fingerprint density at radius 2 is 1.78 bits per heavy atom. The molecule has 2 fully saturated rings. The summed E-state index contributed by atoms with van der Waals surface area (Å²) in [5.74, 6) is 0.928. The minimum atomic E-state index is 0.426. The van der Waals surface area contributed by atoms with Gasteiger partial charge in [-0.15, -0.1) is 0 Å². The van der Waals surface area contributed by atoms with Crippen molar-refractivity contribution >= 4 is 0 Å². The van der Waals surface area contributed by atoms with Gasteiger partial charge in [0, 0.05) is 13.7 Å². The molecule has 0 aliphatic heterocycles. The van der Waals surface area contributed by atoms with Crippen molar-refractivity contribution in [3.63, 3.8) is 0 Å². The second kappa shape index (κ2) is 8.13. The Balaban J connectivity index is 1.47. The summed E-state index contributed by atoms with van der Waals surface area (Å²) in [7, 11) is 1.82. The van der Waals surface area contributed by atoms with E-state index in [1.165, 1.54) is 51.5 Å². The molecule has 2 saturated carbocycles. The maximum absolute atomic E-state index is 5.94. The van der Waals surface area contributed by atoms with E-state index in [1.54, 1.807) is 0 Å². The van der Waals surface area contributed by atoms with Gasteiger partial charge in [-0.05, 0) is 51.0 Å². The molecule has 0 bridgehead atoms. The topological polar surface area (TPSA) is 30.5 Å². The fourth-order valence-corrected chi connectivity index (χ4v) is 3.29. The van der Waals surface area contributed by atoms with Gasteiger partial charge in [0.05, 0.1) is 18.8 Å². The number of rotatable bonds is 7. The van der Waals surface area contributed by atoms with E-state index < -0.39 is 0 Å². The van der Waals surface area contributed by atoms with Crippen LogP contribution in [0.25, 0.3) is 0 Å². The van der Waals surface area contributed by atoms with Gasteiger partial charge in [0.1, 0.15) is 0 Å². The highest BCUT2D eigenvalue weighted by molar-refractivity contribution is 4.74. The minimum Gasteiger partial charge on any atom is -0.381 e. The van der Waals surface area contributed by atoms with Crippen molar-refractivity contribution in [2.75, 3.05) is 26.8 Å². The lowest BCUT2D eigenvalue weighted by atomic mass is 9.95. The molecule has 0 aromatic carbocycles. The third kappa shape index (κ3) is 4.87. The van der Waals surface area contributed by atoms with Crippen molar-refractivity contribution in [3.05, 3.63) is 0 Å². The molecule has 3 nitrogen and oxygen atoms in total. The SMILES string of the molecule is COC1CCCC(OCCNCC2CCCC2)C1. The van der Waals surface area contributed by atoms with Crippen LogP contribution in [0.5, 0.6) is 0 Å². The second-order valence-corrected chi connectivity index (χ2v) is 5.87. The number of hydrogen-bond acceptors (Lipinski definition) is 3. The Labute approximate surface area is 112 Å². The molecular weight excluding hydrogens is 226 g/mol. The van der Waals surface area contributed by atoms with Crippen molar-refractivity contribution in [3.8, 4) is 0 Å². The summed E-state index contributed by atoms with van der Waals surface area (Å²) in [4.78, 5) is 0. The number of hydrogen-bond donors (Lipinski definition) is 1. The van der Waals surface area contributed by atoms with E-state index >= 15 is 0 Å². The van der Waals surface area contributed by atoms with Crippen LogP contribution in [-0.2, 0) is 9.47 Å². The molecule has 1 N–H and O–H groups in total. The third-order valence-corrected chi connectivity index (χ3v) is 4.45. The molecule has 0 saturated heterocycles. The quantitative estimate of drug-likeness (QED) is 0.710. The van der Waals surface area contributed by atoms with Crippen LogP contribution in [0.3, 0.4) is 0 Å². The molecule has 3 heteroatoms. The zero-order valence-electron chi connectivity index (χ0n) is 11.8. The lowest BCUT2D eigenvalue weighted by molar-refractivity contribution is -0.0283. The summed E-state index contributed by atoms with van der Waals surface area (Å²) < 4.78 is 11.4. The highest BCUT2D eigenvalue weighted by Gasteiger charge is 2.21. The van der Waals surface area contributed by atoms with Crippen LogP contribution in [0.2, 0.25) is 0 Å². The molecule has 0 amide bonds. The largest absolute Gasteiger partial charge is 0.381 e. The van der Waals surface area contributed by atoms with Crippen LogP contribution >= 0.6 is 0 Å². The van der Waals surface area contributed by atoms with Gasteiger partial charge in [0.15, 0.2) is 0 Å². The summed E-state index contributed by atoms with van der Waals surface area (Å²) in [6.07, 6.45) is 11.3. The predicted octanol–water partition coefficient (Wildman–Crippen LogP) is 2.74. The van der Waals surface area contributed by atoms with Gasteiger partial charge in [0.2, 0.25) is 0 Å². The monoisotopic (exact) mass is 255 g/mol. The lowest BCUT2D eigenvalue weighted by Gasteiger charge is -2.28. The zero-order valence-corrected chi connectivity index (χ0v) is 11.8. The molecule has 2 aliphatic carbocycles. The van der Waals surface area contributed by atoms with Gasteiger partial charge in [-0.2, -0.15) is 0 Å². The highest BCUT2D eigenvalue weighted by atomic mass is 16.5. The maximum atomic E-state index is 5.94. The minimum absolute atomic E-state index is 0.426. The van der Waals surface area contributed by atoms with E-state index in [0.29, 0.717) is 12.2 Å². The Morgan fingerprint density at radius 1 is 1.00 bits per heavy atom. The Hall–Kier alpha value is -0.120. The van der Waals surface area contributed by atoms with Gasteiger partial charge in [-0.25, -0.2) is 0 Å². The van der Waals surface area contributed by atoms with E-state index in [1.807, 2.05) is 7.11 Å². The van der Waals surface area contributed by atoms with E-state index in [2.05, 4.69) is 5.32 Å². The molecular formula is C15H29NO2. The number of nitrogens with one attached hydrogen (secondary N) is 1. The summed E-state index contributed by atoms with van der Waals surface area (Å²) in [6.45, 7) is 3.05. The first-order valence-corrected chi connectivity index (χ1v) is 7.73. The standard InChI is InChI=1S/C15H29NO2/c1-17-14-7-4-8-15(11-14)18-10-9-16-12-13-5-2-3-6-13/h13-16H,2-12H2,1H3. The first-order chi connectivity index (χ1) is 8.88. The Kier molecular flexibility index (Phi) is 6.46. The van der Waals surface area contributed by atoms with Crippen molar-refractivity contribution in [1.29, 1.82) is 0 Å². The summed E-state index contributed by atoms with van der Waals surface area (Å²) in [6, 6.07) is 0. The Bertz CT molecular complexity index is 217. The highest BCUT2D eigenvalue weighted by Crippen LogP contribution is 2.24. The maximum Gasteiger partial charge on any atom is 0.0600 e. The van der Waals surface area contributed by atoms with Crippen LogP contribution in [0, 0.1) is 5.92 Å². The average molecular weight is 255 g/mol. The predicted molar refractivity (Wildman–Crippen MR) is 73.8 cm³/mol. The summed E-state index contributed by atoms with van der Waals surface area (Å²) in [5.41, 5.74) is 0. The average Bonchev–Trinajstić information content (AvgIpc) is 2.92. The Morgan fingerprint density at radius 3 is 2.56 bits per heavy atom. The molecule has 2 rings (SSSR count). The van der Waals surface area contributed by atoms with E-state index in [-0.39, 0.29) is 0 Å². The molecule has 0 radical (unpaired) electrons. The third-order valence-electron chi connectivity index (χ3n) is 4.45. The van der Waals surface area contributed by atoms with Gasteiger partial charge in [-0.3, -0.25) is 0 Å². The van der Waals surface area contributed by atoms with Crippen molar-refractivity contribution in [2.24, 2.45) is 5.92 Å². The number of methoxy groups -OCH3 is 1. The van der Waals surface area contributed by atoms with Gasteiger partial charge in [-0.1, -0.05) is 12.8 Å². The molecule has 106 valence electrons. The smallest absolute Gasteiger partial charge is 0.0600 e. The van der Waals surface area contributed by atoms with Gasteiger partial charge >= 0.3 is 0 Å². The lowest BCUT2D eigenvalue weighted by Crippen LogP contribution is -2.31. The second-order valence-electron chi connectivity index (χ2n) is 5.87. The zero-order chi connectivity index (χ0) is 12.6. The van der Waals surface area contributed by atoms with Crippen LogP contribution < -0.4 is 5.32 Å². The van der Waals surface area contributed by atoms with Crippen LogP contribution in [0.1, 0.15) is 51.4 Å². The van der Waals surface area contributed by atoms with Crippen LogP contribution in [-0.4, -0.2) is 39.0 Å². The molecule has 2 unspecified atom stereocenters. The van der Waals surface area contributed by atoms with Crippen molar-refractivity contribution in [1.82, 2.24) is 5.32 Å². The molecule has 2 atom stereocenters. The van der Waals surface area contributed by atoms with E-state index in [4.69, 9.17) is 9.47 Å². The molecule has 2 aliphatic rings. The van der Waals surface area contributed by atoms with Crippen LogP contribution in [0.15, 0.2) is 0 Å². The summed E-state index contributed by atoms with van der Waals surface area (Å²) in [5, 5.41) is 3.54. The van der Waals surface area contributed by atoms with Crippen LogP contribution in [0.4, 0.5) is 0 Å². The van der Waals surface area contributed by atoms with Gasteiger partial charge in [0.25, 0.3) is 0 Å². The molecule has 0 heterocycles. The van der Waals surface area contributed by atoms with Gasteiger partial charge < -0.3 is 14.8 Å². The molecule has 0 aromatic heterocycles. The van der Waals surface area contributed by atoms with E-state index in [9.17, 15) is 0 Å². The molecule has 0 aromatic rings. The fraction of sp³-hybridized carbons (Fsp3) is 1.00. The fourth-order valence-electron chi connectivity index (χ4n) is 3.29. The first-order valence-electron chi connectivity index (χ1n) is 7.73. The van der Waals surface area contributed by atoms with E-state index in [0.717, 1.165) is 25.5 Å². The molecule has 18 heavy (non-hydrogen) atoms. The number of ether oxygens (including phenoxy) is 2. The molecule has 0 spiro atoms. The summed E-state index contributed by atoms with van der Waals surface area (Å²) >= 11 is 0.